The van der Waals surface area contributed by atoms with Crippen LogP contribution in [-0.2, 0) is 4.79 Å². The van der Waals surface area contributed by atoms with Gasteiger partial charge in [-0.25, -0.2) is 0 Å². The molecule has 0 aliphatic heterocycles. The second-order valence-electron chi connectivity index (χ2n) is 3.78. The number of hydrogen-bond donors (Lipinski definition) is 3. The third-order valence-corrected chi connectivity index (χ3v) is 2.88. The van der Waals surface area contributed by atoms with E-state index in [0.717, 1.165) is 12.8 Å². The summed E-state index contributed by atoms with van der Waals surface area (Å²) < 4.78 is 0. The number of carbonyl (C=O) groups excluding carboxylic acids is 1. The molecule has 0 aliphatic carbocycles. The minimum atomic E-state index is -0.216. The van der Waals surface area contributed by atoms with E-state index in [1.807, 2.05) is 20.8 Å². The monoisotopic (exact) mass is 216 g/mol. The van der Waals surface area contributed by atoms with Crippen LogP contribution in [0.15, 0.2) is 0 Å². The van der Waals surface area contributed by atoms with Crippen molar-refractivity contribution in [2.24, 2.45) is 0 Å². The molecule has 90 valence electrons. The SMILES string of the molecule is CCNC(=O)CCNC(CC)(CC)CO. The maximum atomic E-state index is 11.2. The summed E-state index contributed by atoms with van der Waals surface area (Å²) in [6, 6.07) is 0. The van der Waals surface area contributed by atoms with E-state index in [2.05, 4.69) is 10.6 Å². The smallest absolute Gasteiger partial charge is 0.221 e. The zero-order valence-electron chi connectivity index (χ0n) is 10.1. The van der Waals surface area contributed by atoms with Gasteiger partial charge in [-0.15, -0.1) is 0 Å². The van der Waals surface area contributed by atoms with Crippen molar-refractivity contribution < 1.29 is 9.90 Å². The molecular weight excluding hydrogens is 192 g/mol. The van der Waals surface area contributed by atoms with Crippen molar-refractivity contribution in [2.75, 3.05) is 19.7 Å². The molecule has 0 heterocycles. The third-order valence-electron chi connectivity index (χ3n) is 2.88. The van der Waals surface area contributed by atoms with Gasteiger partial charge >= 0.3 is 0 Å². The summed E-state index contributed by atoms with van der Waals surface area (Å²) in [4.78, 5) is 11.2. The van der Waals surface area contributed by atoms with Gasteiger partial charge in [-0.2, -0.15) is 0 Å². The molecule has 0 spiro atoms. The molecular formula is C11H24N2O2. The second-order valence-corrected chi connectivity index (χ2v) is 3.78. The minimum Gasteiger partial charge on any atom is -0.394 e. The highest BCUT2D eigenvalue weighted by Gasteiger charge is 2.23. The van der Waals surface area contributed by atoms with Gasteiger partial charge in [-0.1, -0.05) is 13.8 Å². The van der Waals surface area contributed by atoms with Crippen LogP contribution in [0.3, 0.4) is 0 Å². The lowest BCUT2D eigenvalue weighted by molar-refractivity contribution is -0.121. The van der Waals surface area contributed by atoms with Gasteiger partial charge in [0.25, 0.3) is 0 Å². The number of aliphatic hydroxyl groups is 1. The Kier molecular flexibility index (Phi) is 7.34. The summed E-state index contributed by atoms with van der Waals surface area (Å²) in [5.74, 6) is 0.0593. The van der Waals surface area contributed by atoms with E-state index in [-0.39, 0.29) is 18.1 Å². The van der Waals surface area contributed by atoms with Crippen molar-refractivity contribution >= 4 is 5.91 Å². The molecule has 0 unspecified atom stereocenters. The summed E-state index contributed by atoms with van der Waals surface area (Å²) in [5, 5.41) is 15.3. The fourth-order valence-electron chi connectivity index (χ4n) is 1.51. The first-order valence-electron chi connectivity index (χ1n) is 5.76. The molecule has 4 nitrogen and oxygen atoms in total. The first-order chi connectivity index (χ1) is 7.14. The van der Waals surface area contributed by atoms with Crippen LogP contribution in [0, 0.1) is 0 Å². The number of rotatable bonds is 8. The Bertz CT molecular complexity index is 171. The van der Waals surface area contributed by atoms with E-state index in [9.17, 15) is 9.90 Å². The Labute approximate surface area is 92.4 Å². The quantitative estimate of drug-likeness (QED) is 0.558. The number of aliphatic hydroxyl groups excluding tert-OH is 1. The van der Waals surface area contributed by atoms with Gasteiger partial charge in [-0.05, 0) is 19.8 Å². The van der Waals surface area contributed by atoms with Gasteiger partial charge < -0.3 is 15.7 Å². The van der Waals surface area contributed by atoms with Crippen LogP contribution in [0.5, 0.6) is 0 Å². The first-order valence-corrected chi connectivity index (χ1v) is 5.76. The minimum absolute atomic E-state index is 0.0593. The van der Waals surface area contributed by atoms with Crippen molar-refractivity contribution in [2.45, 2.75) is 45.6 Å². The van der Waals surface area contributed by atoms with Crippen molar-refractivity contribution in [1.29, 1.82) is 0 Å². The topological polar surface area (TPSA) is 61.4 Å². The van der Waals surface area contributed by atoms with Crippen molar-refractivity contribution in [3.63, 3.8) is 0 Å². The molecule has 0 aliphatic rings. The molecule has 0 aromatic rings. The Balaban J connectivity index is 3.85. The molecule has 0 saturated carbocycles. The van der Waals surface area contributed by atoms with E-state index in [1.54, 1.807) is 0 Å². The Morgan fingerprint density at radius 1 is 1.27 bits per heavy atom. The highest BCUT2D eigenvalue weighted by Crippen LogP contribution is 2.13. The largest absolute Gasteiger partial charge is 0.394 e. The van der Waals surface area contributed by atoms with Gasteiger partial charge in [0, 0.05) is 25.0 Å². The van der Waals surface area contributed by atoms with Gasteiger partial charge in [0.1, 0.15) is 0 Å². The molecule has 1 amide bonds. The molecule has 0 aromatic carbocycles. The standard InChI is InChI=1S/C11H24N2O2/c1-4-11(5-2,9-14)13-8-7-10(15)12-6-3/h13-14H,4-9H2,1-3H3,(H,12,15). The first kappa shape index (κ1) is 14.4. The maximum Gasteiger partial charge on any atom is 0.221 e. The zero-order valence-corrected chi connectivity index (χ0v) is 10.1. The normalized spacial score (nSPS) is 11.5. The van der Waals surface area contributed by atoms with E-state index < -0.39 is 0 Å². The summed E-state index contributed by atoms with van der Waals surface area (Å²) in [6.45, 7) is 7.40. The fraction of sp³-hybridized carbons (Fsp3) is 0.909. The summed E-state index contributed by atoms with van der Waals surface area (Å²) in [7, 11) is 0. The number of carbonyl (C=O) groups is 1. The average Bonchev–Trinajstić information content (AvgIpc) is 2.25. The van der Waals surface area contributed by atoms with E-state index in [1.165, 1.54) is 0 Å². The molecule has 15 heavy (non-hydrogen) atoms. The predicted molar refractivity (Wildman–Crippen MR) is 61.7 cm³/mol. The highest BCUT2D eigenvalue weighted by atomic mass is 16.3. The molecule has 0 atom stereocenters. The Hall–Kier alpha value is -0.610. The van der Waals surface area contributed by atoms with Crippen LogP contribution in [0.1, 0.15) is 40.0 Å². The molecule has 4 heteroatoms. The third kappa shape index (κ3) is 5.14. The molecule has 0 radical (unpaired) electrons. The lowest BCUT2D eigenvalue weighted by Gasteiger charge is -2.30. The molecule has 0 saturated heterocycles. The summed E-state index contributed by atoms with van der Waals surface area (Å²) in [5.41, 5.74) is -0.216. The molecule has 0 bridgehead atoms. The molecule has 3 N–H and O–H groups in total. The van der Waals surface area contributed by atoms with Crippen LogP contribution < -0.4 is 10.6 Å². The lowest BCUT2D eigenvalue weighted by atomic mass is 9.94. The van der Waals surface area contributed by atoms with Crippen molar-refractivity contribution in [3.05, 3.63) is 0 Å². The fourth-order valence-corrected chi connectivity index (χ4v) is 1.51. The summed E-state index contributed by atoms with van der Waals surface area (Å²) in [6.07, 6.45) is 2.21. The van der Waals surface area contributed by atoms with Crippen molar-refractivity contribution in [1.82, 2.24) is 10.6 Å². The lowest BCUT2D eigenvalue weighted by Crippen LogP contribution is -2.48. The Morgan fingerprint density at radius 3 is 2.27 bits per heavy atom. The van der Waals surface area contributed by atoms with Crippen LogP contribution in [0.4, 0.5) is 0 Å². The van der Waals surface area contributed by atoms with Crippen molar-refractivity contribution in [3.8, 4) is 0 Å². The molecule has 0 rings (SSSR count). The van der Waals surface area contributed by atoms with Gasteiger partial charge in [0.05, 0.1) is 6.61 Å². The van der Waals surface area contributed by atoms with Gasteiger partial charge in [0.15, 0.2) is 0 Å². The van der Waals surface area contributed by atoms with Gasteiger partial charge in [-0.3, -0.25) is 4.79 Å². The molecule has 0 aromatic heterocycles. The number of hydrogen-bond acceptors (Lipinski definition) is 3. The predicted octanol–water partition coefficient (Wildman–Crippen LogP) is 0.653. The number of nitrogens with one attached hydrogen (secondary N) is 2. The van der Waals surface area contributed by atoms with Crippen LogP contribution >= 0.6 is 0 Å². The second kappa shape index (κ2) is 7.65. The van der Waals surface area contributed by atoms with Crippen LogP contribution in [-0.4, -0.2) is 36.2 Å². The average molecular weight is 216 g/mol. The molecule has 0 fully saturated rings. The van der Waals surface area contributed by atoms with E-state index in [4.69, 9.17) is 0 Å². The van der Waals surface area contributed by atoms with Crippen LogP contribution in [0.2, 0.25) is 0 Å². The maximum absolute atomic E-state index is 11.2. The Morgan fingerprint density at radius 2 is 1.87 bits per heavy atom. The van der Waals surface area contributed by atoms with Gasteiger partial charge in [0.2, 0.25) is 5.91 Å². The van der Waals surface area contributed by atoms with Crippen LogP contribution in [0.25, 0.3) is 0 Å². The number of amides is 1. The zero-order chi connectivity index (χ0) is 11.7. The summed E-state index contributed by atoms with van der Waals surface area (Å²) >= 11 is 0. The van der Waals surface area contributed by atoms with E-state index in [0.29, 0.717) is 19.5 Å². The highest BCUT2D eigenvalue weighted by molar-refractivity contribution is 5.75. The van der Waals surface area contributed by atoms with E-state index >= 15 is 0 Å².